The molecule has 0 fully saturated rings. The van der Waals surface area contributed by atoms with E-state index >= 15 is 0 Å². The Hall–Kier alpha value is -2.08. The van der Waals surface area contributed by atoms with Crippen LogP contribution in [-0.2, 0) is 0 Å². The van der Waals surface area contributed by atoms with Gasteiger partial charge in [0.15, 0.2) is 5.43 Å². The van der Waals surface area contributed by atoms with Crippen LogP contribution in [0.5, 0.6) is 0 Å². The van der Waals surface area contributed by atoms with Crippen LogP contribution in [-0.4, -0.2) is 26.7 Å². The quantitative estimate of drug-likeness (QED) is 0.759. The average molecular weight is 265 g/mol. The number of nitrogens with zero attached hydrogens (tertiary/aromatic N) is 3. The summed E-state index contributed by atoms with van der Waals surface area (Å²) in [6.45, 7) is 2.28. The van der Waals surface area contributed by atoms with E-state index in [0.717, 1.165) is 0 Å². The lowest BCUT2D eigenvalue weighted by molar-refractivity contribution is 0.0980. The second kappa shape index (κ2) is 3.99. The fraction of sp³-hybridized carbons (Fsp3) is 0.182. The van der Waals surface area contributed by atoms with Gasteiger partial charge in [-0.05, 0) is 18.2 Å². The van der Waals surface area contributed by atoms with Gasteiger partial charge in [0.05, 0.1) is 10.5 Å². The third-order valence-corrected chi connectivity index (χ3v) is 3.00. The number of hydrogen-bond acceptors (Lipinski definition) is 4. The van der Waals surface area contributed by atoms with Crippen molar-refractivity contribution in [2.24, 2.45) is 0 Å². The second-order valence-corrected chi connectivity index (χ2v) is 4.08. The van der Waals surface area contributed by atoms with E-state index in [1.807, 2.05) is 6.92 Å². The van der Waals surface area contributed by atoms with Gasteiger partial charge in [-0.1, -0.05) is 16.4 Å². The van der Waals surface area contributed by atoms with Crippen LogP contribution in [0.1, 0.15) is 6.92 Å². The van der Waals surface area contributed by atoms with Crippen LogP contribution in [0.25, 0.3) is 21.9 Å². The molecule has 0 bridgehead atoms. The van der Waals surface area contributed by atoms with Crippen molar-refractivity contribution in [3.63, 3.8) is 0 Å². The van der Waals surface area contributed by atoms with E-state index in [0.29, 0.717) is 33.6 Å². The number of halogens is 1. The van der Waals surface area contributed by atoms with Crippen molar-refractivity contribution in [3.8, 4) is 0 Å². The third kappa shape index (κ3) is 1.46. The molecule has 0 unspecified atom stereocenters. The molecule has 6 nitrogen and oxygen atoms in total. The first kappa shape index (κ1) is 11.0. The fourth-order valence-electron chi connectivity index (χ4n) is 1.84. The van der Waals surface area contributed by atoms with E-state index in [1.165, 1.54) is 10.9 Å². The number of rotatable bonds is 2. The molecule has 0 saturated carbocycles. The van der Waals surface area contributed by atoms with Gasteiger partial charge >= 0.3 is 0 Å². The normalized spacial score (nSPS) is 11.2. The molecule has 0 amide bonds. The topological polar surface area (TPSA) is 72.8 Å². The van der Waals surface area contributed by atoms with Crippen LogP contribution in [0.4, 0.5) is 0 Å². The smallest absolute Gasteiger partial charge is 0.189 e. The lowest BCUT2D eigenvalue weighted by Crippen LogP contribution is -2.12. The minimum Gasteiger partial charge on any atom is -0.395 e. The molecule has 0 atom stereocenters. The molecule has 0 saturated heterocycles. The summed E-state index contributed by atoms with van der Waals surface area (Å²) in [7, 11) is 0. The van der Waals surface area contributed by atoms with Gasteiger partial charge in [0.2, 0.25) is 0 Å². The van der Waals surface area contributed by atoms with Crippen LogP contribution >= 0.6 is 11.6 Å². The number of aromatic amines is 1. The van der Waals surface area contributed by atoms with E-state index in [-0.39, 0.29) is 5.43 Å². The Morgan fingerprint density at radius 2 is 2.39 bits per heavy atom. The Balaban J connectivity index is 2.47. The van der Waals surface area contributed by atoms with Crippen LogP contribution in [0.2, 0.25) is 5.02 Å². The number of benzene rings is 1. The van der Waals surface area contributed by atoms with Crippen LogP contribution in [0, 0.1) is 0 Å². The van der Waals surface area contributed by atoms with Crippen LogP contribution < -0.4 is 10.3 Å². The maximum absolute atomic E-state index is 11.8. The van der Waals surface area contributed by atoms with Gasteiger partial charge in [0.25, 0.3) is 0 Å². The molecule has 1 N–H and O–H groups in total. The van der Waals surface area contributed by atoms with Gasteiger partial charge in [-0.2, -0.15) is 0 Å². The van der Waals surface area contributed by atoms with Crippen molar-refractivity contribution in [2.75, 3.05) is 6.61 Å². The SMILES string of the molecule is CCOn1nnc2c(Cl)c3[nH]ccc(=O)c3cc21. The summed E-state index contributed by atoms with van der Waals surface area (Å²) in [5, 5.41) is 8.64. The summed E-state index contributed by atoms with van der Waals surface area (Å²) in [6.07, 6.45) is 1.55. The zero-order valence-electron chi connectivity index (χ0n) is 9.48. The third-order valence-electron chi connectivity index (χ3n) is 2.63. The fourth-order valence-corrected chi connectivity index (χ4v) is 2.14. The largest absolute Gasteiger partial charge is 0.395 e. The molecule has 3 rings (SSSR count). The Morgan fingerprint density at radius 1 is 1.56 bits per heavy atom. The van der Waals surface area contributed by atoms with Gasteiger partial charge in [0.1, 0.15) is 17.6 Å². The molecule has 92 valence electrons. The standard InChI is InChI=1S/C11H9ClN4O2/c1-2-18-16-7-5-6-8(17)3-4-13-10(6)9(12)11(7)14-15-16/h3-5H,2H2,1H3,(H,13,17). The summed E-state index contributed by atoms with van der Waals surface area (Å²) in [5.41, 5.74) is 1.52. The highest BCUT2D eigenvalue weighted by Crippen LogP contribution is 2.27. The van der Waals surface area contributed by atoms with Gasteiger partial charge in [0, 0.05) is 17.6 Å². The molecule has 0 aliphatic carbocycles. The monoisotopic (exact) mass is 264 g/mol. The molecule has 0 radical (unpaired) electrons. The minimum absolute atomic E-state index is 0.114. The summed E-state index contributed by atoms with van der Waals surface area (Å²) in [4.78, 5) is 21.3. The van der Waals surface area contributed by atoms with Crippen molar-refractivity contribution >= 4 is 33.5 Å². The van der Waals surface area contributed by atoms with Crippen molar-refractivity contribution in [2.45, 2.75) is 6.92 Å². The van der Waals surface area contributed by atoms with E-state index in [2.05, 4.69) is 15.3 Å². The van der Waals surface area contributed by atoms with Crippen LogP contribution in [0.3, 0.4) is 0 Å². The summed E-state index contributed by atoms with van der Waals surface area (Å²) in [6, 6.07) is 3.12. The van der Waals surface area contributed by atoms with E-state index in [1.54, 1.807) is 12.3 Å². The zero-order valence-corrected chi connectivity index (χ0v) is 10.2. The highest BCUT2D eigenvalue weighted by atomic mass is 35.5. The second-order valence-electron chi connectivity index (χ2n) is 3.70. The van der Waals surface area contributed by atoms with Gasteiger partial charge in [-0.3, -0.25) is 4.79 Å². The molecule has 7 heteroatoms. The first-order chi connectivity index (χ1) is 8.72. The number of H-pyrrole nitrogens is 1. The lowest BCUT2D eigenvalue weighted by atomic mass is 10.2. The van der Waals surface area contributed by atoms with Crippen LogP contribution in [0.15, 0.2) is 23.1 Å². The maximum atomic E-state index is 11.8. The number of hydrogen-bond donors (Lipinski definition) is 1. The molecule has 1 aromatic carbocycles. The lowest BCUT2D eigenvalue weighted by Gasteiger charge is -2.03. The number of pyridine rings is 1. The maximum Gasteiger partial charge on any atom is 0.189 e. The van der Waals surface area contributed by atoms with Crippen molar-refractivity contribution in [1.82, 2.24) is 20.1 Å². The van der Waals surface area contributed by atoms with Crippen molar-refractivity contribution < 1.29 is 4.84 Å². The van der Waals surface area contributed by atoms with Gasteiger partial charge in [-0.25, -0.2) is 0 Å². The molecular formula is C11H9ClN4O2. The van der Waals surface area contributed by atoms with Crippen molar-refractivity contribution in [1.29, 1.82) is 0 Å². The highest BCUT2D eigenvalue weighted by Gasteiger charge is 2.14. The first-order valence-corrected chi connectivity index (χ1v) is 5.78. The Kier molecular flexibility index (Phi) is 2.45. The van der Waals surface area contributed by atoms with Gasteiger partial charge in [-0.15, -0.1) is 5.10 Å². The summed E-state index contributed by atoms with van der Waals surface area (Å²) < 4.78 is 0. The summed E-state index contributed by atoms with van der Waals surface area (Å²) >= 11 is 6.22. The average Bonchev–Trinajstić information content (AvgIpc) is 2.75. The van der Waals surface area contributed by atoms with Gasteiger partial charge < -0.3 is 9.82 Å². The molecule has 2 aromatic heterocycles. The van der Waals surface area contributed by atoms with E-state index in [4.69, 9.17) is 16.4 Å². The minimum atomic E-state index is -0.114. The van der Waals surface area contributed by atoms with E-state index in [9.17, 15) is 4.79 Å². The molecular weight excluding hydrogens is 256 g/mol. The molecule has 2 heterocycles. The molecule has 0 spiro atoms. The Morgan fingerprint density at radius 3 is 3.17 bits per heavy atom. The molecule has 0 aliphatic rings. The first-order valence-electron chi connectivity index (χ1n) is 5.41. The number of fused-ring (bicyclic) bond motifs is 2. The van der Waals surface area contributed by atoms with E-state index < -0.39 is 0 Å². The predicted molar refractivity (Wildman–Crippen MR) is 67.8 cm³/mol. The number of nitrogens with one attached hydrogen (secondary N) is 1. The summed E-state index contributed by atoms with van der Waals surface area (Å²) in [5.74, 6) is 0. The molecule has 0 aliphatic heterocycles. The van der Waals surface area contributed by atoms with Crippen molar-refractivity contribution in [3.05, 3.63) is 33.6 Å². The predicted octanol–water partition coefficient (Wildman–Crippen LogP) is 1.37. The Bertz CT molecular complexity index is 793. The Labute approximate surface area is 106 Å². The molecule has 3 aromatic rings. The highest BCUT2D eigenvalue weighted by molar-refractivity contribution is 6.39. The zero-order chi connectivity index (χ0) is 12.7. The number of aromatic nitrogens is 4. The molecule has 18 heavy (non-hydrogen) atoms.